The zero-order valence-corrected chi connectivity index (χ0v) is 17.5. The van der Waals surface area contributed by atoms with Crippen LogP contribution < -0.4 is 10.0 Å². The number of carbonyl (C=O) groups is 1. The Kier molecular flexibility index (Phi) is 6.72. The number of nitrogens with one attached hydrogen (secondary N) is 2. The molecule has 0 spiro atoms. The summed E-state index contributed by atoms with van der Waals surface area (Å²) in [6.07, 6.45) is -4.28. The maximum absolute atomic E-state index is 12.9. The summed E-state index contributed by atoms with van der Waals surface area (Å²) in [5.74, 6) is -1.09. The number of carbonyl (C=O) groups excluding carboxylic acids is 1. The summed E-state index contributed by atoms with van der Waals surface area (Å²) in [4.78, 5) is 16.1. The van der Waals surface area contributed by atoms with Crippen LogP contribution in [0, 0.1) is 18.3 Å². The summed E-state index contributed by atoms with van der Waals surface area (Å²) in [5.41, 5.74) is -0.773. The Hall–Kier alpha value is -3.15. The first-order chi connectivity index (χ1) is 15.0. The Bertz CT molecular complexity index is 1140. The van der Waals surface area contributed by atoms with Crippen LogP contribution in [0.2, 0.25) is 0 Å². The fourth-order valence-electron chi connectivity index (χ4n) is 2.81. The van der Waals surface area contributed by atoms with Crippen molar-refractivity contribution >= 4 is 27.8 Å². The molecule has 32 heavy (non-hydrogen) atoms. The molecule has 0 saturated carbocycles. The third-order valence-corrected chi connectivity index (χ3v) is 6.04. The number of rotatable bonds is 5. The molecule has 0 bridgehead atoms. The van der Waals surface area contributed by atoms with Crippen molar-refractivity contribution < 1.29 is 35.5 Å². The van der Waals surface area contributed by atoms with Crippen molar-refractivity contribution in [3.63, 3.8) is 0 Å². The molecule has 1 fully saturated rings. The molecule has 1 aliphatic heterocycles. The number of oxazole rings is 1. The Morgan fingerprint density at radius 2 is 2.09 bits per heavy atom. The van der Waals surface area contributed by atoms with Crippen LogP contribution in [0.1, 0.15) is 28.0 Å². The first kappa shape index (κ1) is 23.5. The fraction of sp³-hybridized carbons (Fsp3) is 0.389. The quantitative estimate of drug-likeness (QED) is 0.675. The van der Waals surface area contributed by atoms with Crippen LogP contribution in [0.4, 0.5) is 24.9 Å². The number of hydrogen-bond acceptors (Lipinski definition) is 8. The number of amides is 1. The number of nitrogens with zero attached hydrogens (tertiary/aromatic N) is 3. The molecular weight excluding hydrogens is 455 g/mol. The predicted molar refractivity (Wildman–Crippen MR) is 104 cm³/mol. The van der Waals surface area contributed by atoms with E-state index in [9.17, 15) is 26.4 Å². The van der Waals surface area contributed by atoms with Gasteiger partial charge in [-0.2, -0.15) is 36.1 Å². The summed E-state index contributed by atoms with van der Waals surface area (Å²) < 4.78 is 76.7. The lowest BCUT2D eigenvalue weighted by molar-refractivity contribution is -0.137. The number of aromatic nitrogens is 1. The van der Waals surface area contributed by atoms with Crippen LogP contribution >= 0.6 is 0 Å². The molecular formula is C18H18F3N5O5S. The molecule has 2 aromatic rings. The first-order valence-electron chi connectivity index (χ1n) is 9.23. The van der Waals surface area contributed by atoms with Gasteiger partial charge in [-0.25, -0.2) is 4.72 Å². The van der Waals surface area contributed by atoms with Gasteiger partial charge in [-0.15, -0.1) is 0 Å². The zero-order valence-electron chi connectivity index (χ0n) is 16.6. The van der Waals surface area contributed by atoms with Gasteiger partial charge in [0, 0.05) is 25.2 Å². The van der Waals surface area contributed by atoms with Crippen molar-refractivity contribution in [2.24, 2.45) is 0 Å². The average molecular weight is 473 g/mol. The summed E-state index contributed by atoms with van der Waals surface area (Å²) in [5, 5.41) is 11.4. The van der Waals surface area contributed by atoms with Crippen molar-refractivity contribution in [2.75, 3.05) is 25.0 Å². The second kappa shape index (κ2) is 9.15. The number of benzene rings is 1. The average Bonchev–Trinajstić information content (AvgIpc) is 3.03. The van der Waals surface area contributed by atoms with Gasteiger partial charge in [0.25, 0.3) is 11.9 Å². The third-order valence-electron chi connectivity index (χ3n) is 4.55. The third kappa shape index (κ3) is 5.55. The maximum Gasteiger partial charge on any atom is 0.416 e. The van der Waals surface area contributed by atoms with Crippen molar-refractivity contribution in [3.05, 3.63) is 41.3 Å². The highest BCUT2D eigenvalue weighted by molar-refractivity contribution is 7.87. The minimum Gasteiger partial charge on any atom is -0.431 e. The lowest BCUT2D eigenvalue weighted by atomic mass is 10.1. The second-order valence-electron chi connectivity index (χ2n) is 6.80. The number of halogens is 3. The Morgan fingerprint density at radius 3 is 2.78 bits per heavy atom. The summed E-state index contributed by atoms with van der Waals surface area (Å²) in [7, 11) is -4.25. The molecule has 1 saturated heterocycles. The maximum atomic E-state index is 12.9. The normalized spacial score (nSPS) is 17.9. The lowest BCUT2D eigenvalue weighted by Gasteiger charge is -2.18. The molecule has 1 aliphatic rings. The van der Waals surface area contributed by atoms with Gasteiger partial charge < -0.3 is 14.5 Å². The molecule has 10 nitrogen and oxygen atoms in total. The highest BCUT2D eigenvalue weighted by Crippen LogP contribution is 2.33. The lowest BCUT2D eigenvalue weighted by Crippen LogP contribution is -2.44. The Morgan fingerprint density at radius 1 is 1.34 bits per heavy atom. The van der Waals surface area contributed by atoms with Gasteiger partial charge in [0.2, 0.25) is 0 Å². The van der Waals surface area contributed by atoms with Crippen molar-refractivity contribution in [1.29, 1.82) is 5.26 Å². The molecule has 1 unspecified atom stereocenters. The smallest absolute Gasteiger partial charge is 0.416 e. The SMILES string of the molecule is Cc1ccc(C(F)(F)F)cc1Nc1nc(C(=O)NS(=O)(=O)N2CCOC(C#N)CC2)co1. The fourth-order valence-corrected chi connectivity index (χ4v) is 3.94. The van der Waals surface area contributed by atoms with E-state index in [1.54, 1.807) is 6.92 Å². The van der Waals surface area contributed by atoms with Gasteiger partial charge in [-0.1, -0.05) is 6.07 Å². The molecule has 1 atom stereocenters. The highest BCUT2D eigenvalue weighted by Gasteiger charge is 2.31. The van der Waals surface area contributed by atoms with E-state index in [1.165, 1.54) is 6.07 Å². The topological polar surface area (TPSA) is 138 Å². The molecule has 14 heteroatoms. The molecule has 1 aromatic carbocycles. The first-order valence-corrected chi connectivity index (χ1v) is 10.7. The number of aryl methyl sites for hydroxylation is 1. The predicted octanol–water partition coefficient (Wildman–Crippen LogP) is 2.33. The zero-order chi connectivity index (χ0) is 23.5. The molecule has 0 radical (unpaired) electrons. The van der Waals surface area contributed by atoms with Crippen LogP contribution in [-0.4, -0.2) is 49.4 Å². The van der Waals surface area contributed by atoms with Crippen LogP contribution in [0.5, 0.6) is 0 Å². The van der Waals surface area contributed by atoms with Crippen LogP contribution in [0.25, 0.3) is 0 Å². The summed E-state index contributed by atoms with van der Waals surface area (Å²) in [6, 6.07) is 4.65. The Labute approximate surface area is 181 Å². The standard InChI is InChI=1S/C18H18F3N5O5S/c1-11-2-3-12(18(19,20)21)8-14(11)23-17-24-15(10-31-17)16(27)25-32(28,29)26-5-4-13(9-22)30-7-6-26/h2-3,8,10,13H,4-7H2,1H3,(H,23,24)(H,25,27). The molecule has 2 heterocycles. The van der Waals surface area contributed by atoms with Gasteiger partial charge in [-0.05, 0) is 24.6 Å². The van der Waals surface area contributed by atoms with Gasteiger partial charge in [0.05, 0.1) is 18.2 Å². The second-order valence-corrected chi connectivity index (χ2v) is 8.47. The number of hydrogen-bond donors (Lipinski definition) is 2. The van der Waals surface area contributed by atoms with Gasteiger partial charge in [-0.3, -0.25) is 4.79 Å². The van der Waals surface area contributed by atoms with Crippen LogP contribution in [0.3, 0.4) is 0 Å². The molecule has 0 aliphatic carbocycles. The number of alkyl halides is 3. The van der Waals surface area contributed by atoms with Crippen molar-refractivity contribution in [1.82, 2.24) is 14.0 Å². The molecule has 1 aromatic heterocycles. The van der Waals surface area contributed by atoms with Crippen LogP contribution in [0.15, 0.2) is 28.9 Å². The molecule has 3 rings (SSSR count). The molecule has 1 amide bonds. The monoisotopic (exact) mass is 473 g/mol. The van der Waals surface area contributed by atoms with E-state index in [-0.39, 0.29) is 37.8 Å². The number of nitriles is 1. The van der Waals surface area contributed by atoms with E-state index < -0.39 is 39.7 Å². The van der Waals surface area contributed by atoms with E-state index in [0.717, 1.165) is 22.7 Å². The number of ether oxygens (including phenoxy) is 1. The Balaban J connectivity index is 1.69. The summed E-state index contributed by atoms with van der Waals surface area (Å²) >= 11 is 0. The van der Waals surface area contributed by atoms with Crippen LogP contribution in [-0.2, 0) is 21.1 Å². The number of anilines is 2. The molecule has 172 valence electrons. The molecule has 2 N–H and O–H groups in total. The largest absolute Gasteiger partial charge is 0.431 e. The van der Waals surface area contributed by atoms with E-state index in [0.29, 0.717) is 5.56 Å². The van der Waals surface area contributed by atoms with E-state index in [4.69, 9.17) is 14.4 Å². The highest BCUT2D eigenvalue weighted by atomic mass is 32.2. The van der Waals surface area contributed by atoms with E-state index in [2.05, 4.69) is 10.3 Å². The van der Waals surface area contributed by atoms with Crippen molar-refractivity contribution in [3.8, 4) is 6.07 Å². The van der Waals surface area contributed by atoms with Gasteiger partial charge in [0.1, 0.15) is 12.4 Å². The minimum atomic E-state index is -4.55. The van der Waals surface area contributed by atoms with E-state index in [1.807, 2.05) is 10.8 Å². The van der Waals surface area contributed by atoms with Gasteiger partial charge in [0.15, 0.2) is 5.69 Å². The van der Waals surface area contributed by atoms with E-state index >= 15 is 0 Å². The van der Waals surface area contributed by atoms with Gasteiger partial charge >= 0.3 is 16.4 Å². The summed E-state index contributed by atoms with van der Waals surface area (Å²) in [6.45, 7) is 1.47. The minimum absolute atomic E-state index is 0.0122. The van der Waals surface area contributed by atoms with Crippen molar-refractivity contribution in [2.45, 2.75) is 25.6 Å².